The van der Waals surface area contributed by atoms with Gasteiger partial charge in [0.2, 0.25) is 5.41 Å². The summed E-state index contributed by atoms with van der Waals surface area (Å²) in [4.78, 5) is 24.6. The van der Waals surface area contributed by atoms with Crippen LogP contribution >= 0.6 is 23.5 Å². The first-order chi connectivity index (χ1) is 7.96. The van der Waals surface area contributed by atoms with Crippen LogP contribution in [-0.2, 0) is 9.59 Å². The zero-order valence-electron chi connectivity index (χ0n) is 9.41. The van der Waals surface area contributed by atoms with Crippen LogP contribution in [0.5, 0.6) is 0 Å². The SMILES string of the molecule is CCSC1=CN2C(=O)[C@](C(=O)O)(C(C)O)[C@H]2S1. The molecule has 0 aromatic rings. The van der Waals surface area contributed by atoms with Crippen molar-refractivity contribution in [2.45, 2.75) is 25.3 Å². The summed E-state index contributed by atoms with van der Waals surface area (Å²) in [5.74, 6) is -0.908. The van der Waals surface area contributed by atoms with Crippen molar-refractivity contribution in [2.75, 3.05) is 5.75 Å². The number of hydrogen-bond donors (Lipinski definition) is 2. The van der Waals surface area contributed by atoms with Gasteiger partial charge in [0.1, 0.15) is 5.37 Å². The maximum absolute atomic E-state index is 11.9. The molecule has 3 atom stereocenters. The number of amides is 1. The Labute approximate surface area is 107 Å². The third-order valence-corrected chi connectivity index (χ3v) is 5.48. The van der Waals surface area contributed by atoms with Crippen molar-refractivity contribution in [3.05, 3.63) is 10.4 Å². The fourth-order valence-corrected chi connectivity index (χ4v) is 4.70. The predicted octanol–water partition coefficient (Wildman–Crippen LogP) is 0.905. The molecule has 0 spiro atoms. The van der Waals surface area contributed by atoms with Gasteiger partial charge in [-0.2, -0.15) is 0 Å². The molecule has 0 aromatic heterocycles. The Bertz CT molecular complexity index is 409. The van der Waals surface area contributed by atoms with Gasteiger partial charge in [0.25, 0.3) is 5.91 Å². The molecule has 0 saturated carbocycles. The summed E-state index contributed by atoms with van der Waals surface area (Å²) in [6, 6.07) is 0. The number of carboxylic acids is 1. The zero-order chi connectivity index (χ0) is 12.8. The van der Waals surface area contributed by atoms with Crippen molar-refractivity contribution >= 4 is 35.4 Å². The number of carbonyl (C=O) groups is 2. The molecule has 2 heterocycles. The van der Waals surface area contributed by atoms with Crippen molar-refractivity contribution in [1.29, 1.82) is 0 Å². The molecule has 5 nitrogen and oxygen atoms in total. The largest absolute Gasteiger partial charge is 0.480 e. The molecule has 17 heavy (non-hydrogen) atoms. The Hall–Kier alpha value is -0.660. The molecule has 2 aliphatic heterocycles. The lowest BCUT2D eigenvalue weighted by atomic mass is 9.74. The molecular formula is C10H13NO4S2. The number of carbonyl (C=O) groups excluding carboxylic acids is 1. The number of thioether (sulfide) groups is 2. The molecule has 2 N–H and O–H groups in total. The Kier molecular flexibility index (Phi) is 3.17. The molecule has 7 heteroatoms. The summed E-state index contributed by atoms with van der Waals surface area (Å²) in [7, 11) is 0. The highest BCUT2D eigenvalue weighted by Crippen LogP contribution is 2.56. The van der Waals surface area contributed by atoms with E-state index in [1.807, 2.05) is 6.92 Å². The fraction of sp³-hybridized carbons (Fsp3) is 0.600. The van der Waals surface area contributed by atoms with Crippen molar-refractivity contribution < 1.29 is 19.8 Å². The van der Waals surface area contributed by atoms with E-state index < -0.39 is 28.8 Å². The van der Waals surface area contributed by atoms with Gasteiger partial charge in [0.15, 0.2) is 0 Å². The van der Waals surface area contributed by atoms with E-state index in [0.717, 1.165) is 9.99 Å². The molecule has 1 saturated heterocycles. The first-order valence-corrected chi connectivity index (χ1v) is 7.08. The van der Waals surface area contributed by atoms with E-state index in [1.54, 1.807) is 18.0 Å². The molecule has 0 radical (unpaired) electrons. The van der Waals surface area contributed by atoms with Crippen molar-refractivity contribution in [3.63, 3.8) is 0 Å². The van der Waals surface area contributed by atoms with Gasteiger partial charge in [-0.3, -0.25) is 9.59 Å². The summed E-state index contributed by atoms with van der Waals surface area (Å²) in [6.07, 6.45) is 0.482. The summed E-state index contributed by atoms with van der Waals surface area (Å²) >= 11 is 2.91. The molecule has 2 aliphatic rings. The van der Waals surface area contributed by atoms with Gasteiger partial charge in [0, 0.05) is 6.20 Å². The third kappa shape index (κ3) is 1.52. The average molecular weight is 275 g/mol. The molecule has 94 valence electrons. The van der Waals surface area contributed by atoms with Crippen molar-refractivity contribution in [3.8, 4) is 0 Å². The quantitative estimate of drug-likeness (QED) is 0.586. The highest BCUT2D eigenvalue weighted by atomic mass is 32.2. The van der Waals surface area contributed by atoms with Crippen LogP contribution in [0.25, 0.3) is 0 Å². The lowest BCUT2D eigenvalue weighted by molar-refractivity contribution is -0.185. The Morgan fingerprint density at radius 3 is 2.88 bits per heavy atom. The average Bonchev–Trinajstić information content (AvgIpc) is 2.58. The van der Waals surface area contributed by atoms with Gasteiger partial charge < -0.3 is 15.1 Å². The number of carboxylic acid groups (broad SMARTS) is 1. The summed E-state index contributed by atoms with van der Waals surface area (Å²) in [6.45, 7) is 3.34. The van der Waals surface area contributed by atoms with Crippen LogP contribution in [0, 0.1) is 5.41 Å². The number of rotatable bonds is 4. The maximum atomic E-state index is 11.9. The number of fused-ring (bicyclic) bond motifs is 1. The summed E-state index contributed by atoms with van der Waals surface area (Å²) < 4.78 is 0.926. The predicted molar refractivity (Wildman–Crippen MR) is 66.2 cm³/mol. The Morgan fingerprint density at radius 1 is 1.76 bits per heavy atom. The molecule has 1 amide bonds. The van der Waals surface area contributed by atoms with Crippen LogP contribution in [0.1, 0.15) is 13.8 Å². The molecule has 1 unspecified atom stereocenters. The first-order valence-electron chi connectivity index (χ1n) is 5.21. The van der Waals surface area contributed by atoms with E-state index >= 15 is 0 Å². The van der Waals surface area contributed by atoms with Crippen molar-refractivity contribution in [1.82, 2.24) is 4.90 Å². The molecule has 1 fully saturated rings. The molecule has 0 bridgehead atoms. The fourth-order valence-electron chi connectivity index (χ4n) is 2.08. The smallest absolute Gasteiger partial charge is 0.325 e. The highest BCUT2D eigenvalue weighted by Gasteiger charge is 2.70. The zero-order valence-corrected chi connectivity index (χ0v) is 11.0. The van der Waals surface area contributed by atoms with Crippen LogP contribution in [0.2, 0.25) is 0 Å². The summed E-state index contributed by atoms with van der Waals surface area (Å²) in [5, 5.41) is 18.4. The molecule has 2 rings (SSSR count). The third-order valence-electron chi connectivity index (χ3n) is 3.00. The first kappa shape index (κ1) is 12.8. The molecular weight excluding hydrogens is 262 g/mol. The van der Waals surface area contributed by atoms with Gasteiger partial charge in [0.05, 0.1) is 10.3 Å². The molecule has 0 aliphatic carbocycles. The minimum absolute atomic E-state index is 0.512. The minimum atomic E-state index is -1.68. The van der Waals surface area contributed by atoms with E-state index in [9.17, 15) is 19.8 Å². The Balaban J connectivity index is 2.27. The summed E-state index contributed by atoms with van der Waals surface area (Å²) in [5.41, 5.74) is -1.68. The van der Waals surface area contributed by atoms with Crippen LogP contribution in [-0.4, -0.2) is 44.2 Å². The number of aliphatic hydroxyl groups excluding tert-OH is 1. The number of hydrogen-bond acceptors (Lipinski definition) is 5. The lowest BCUT2D eigenvalue weighted by Crippen LogP contribution is -2.71. The molecule has 0 aromatic carbocycles. The van der Waals surface area contributed by atoms with Crippen LogP contribution < -0.4 is 0 Å². The number of β-lactam (4-membered cyclic amide) rings is 1. The van der Waals surface area contributed by atoms with Crippen molar-refractivity contribution in [2.24, 2.45) is 5.41 Å². The number of aliphatic carboxylic acids is 1. The Morgan fingerprint density at radius 2 is 2.41 bits per heavy atom. The van der Waals surface area contributed by atoms with E-state index in [-0.39, 0.29) is 0 Å². The van der Waals surface area contributed by atoms with Crippen LogP contribution in [0.15, 0.2) is 10.4 Å². The van der Waals surface area contributed by atoms with Gasteiger partial charge in [-0.05, 0) is 12.7 Å². The van der Waals surface area contributed by atoms with Crippen LogP contribution in [0.4, 0.5) is 0 Å². The minimum Gasteiger partial charge on any atom is -0.480 e. The standard InChI is InChI=1S/C10H13NO4S2/c1-3-16-6-4-11-7(13)10(5(2)12,9(14)15)8(11)17-6/h4-5,8,12H,3H2,1-2H3,(H,14,15)/t5?,8-,10-/m1/s1. The second-order valence-electron chi connectivity index (χ2n) is 3.91. The van der Waals surface area contributed by atoms with Gasteiger partial charge in [-0.1, -0.05) is 18.7 Å². The van der Waals surface area contributed by atoms with Gasteiger partial charge >= 0.3 is 5.97 Å². The topological polar surface area (TPSA) is 77.8 Å². The van der Waals surface area contributed by atoms with Crippen LogP contribution in [0.3, 0.4) is 0 Å². The number of aliphatic hydroxyl groups is 1. The van der Waals surface area contributed by atoms with E-state index in [0.29, 0.717) is 0 Å². The second-order valence-corrected chi connectivity index (χ2v) is 6.60. The number of nitrogens with zero attached hydrogens (tertiary/aromatic N) is 1. The lowest BCUT2D eigenvalue weighted by Gasteiger charge is -2.49. The second kappa shape index (κ2) is 4.22. The maximum Gasteiger partial charge on any atom is 0.325 e. The van der Waals surface area contributed by atoms with Gasteiger partial charge in [-0.15, -0.1) is 11.8 Å². The normalized spacial score (nSPS) is 32.9. The highest BCUT2D eigenvalue weighted by molar-refractivity contribution is 8.22. The monoisotopic (exact) mass is 275 g/mol. The van der Waals surface area contributed by atoms with Gasteiger partial charge in [-0.25, -0.2) is 0 Å². The van der Waals surface area contributed by atoms with E-state index in [1.165, 1.54) is 23.6 Å². The van der Waals surface area contributed by atoms with E-state index in [4.69, 9.17) is 0 Å². The van der Waals surface area contributed by atoms with E-state index in [2.05, 4.69) is 0 Å².